The van der Waals surface area contributed by atoms with Gasteiger partial charge in [-0.05, 0) is 116 Å². The predicted molar refractivity (Wildman–Crippen MR) is 310 cm³/mol. The lowest BCUT2D eigenvalue weighted by Crippen LogP contribution is -2.02. The van der Waals surface area contributed by atoms with Crippen molar-refractivity contribution in [3.8, 4) is 56.7 Å². The van der Waals surface area contributed by atoms with E-state index in [-0.39, 0.29) is 0 Å². The van der Waals surface area contributed by atoms with Gasteiger partial charge >= 0.3 is 0 Å². The normalized spacial score (nSPS) is 12.0. The highest BCUT2D eigenvalue weighted by molar-refractivity contribution is 6.23. The topological polar surface area (TPSA) is 61.7 Å². The Labute approximate surface area is 429 Å². The third-order valence-electron chi connectivity index (χ3n) is 15.3. The van der Waals surface area contributed by atoms with Gasteiger partial charge in [-0.2, -0.15) is 0 Å². The average Bonchev–Trinajstić information content (AvgIpc) is 4.20. The molecule has 4 heterocycles. The summed E-state index contributed by atoms with van der Waals surface area (Å²) < 4.78 is 11.9. The summed E-state index contributed by atoms with van der Waals surface area (Å²) >= 11 is 0. The SMILES string of the molecule is c1ccc(-c2cccc(-c3nc(-c4cc(-n5c6cc7ccccc7cc6c6cc7ccccc7cc65)c5oc6ccc7ccccc7c6c5c4)nc(-c4cccc5c4c4ccccc4n5-c4ccccc4)n3)c2)cc1. The quantitative estimate of drug-likeness (QED) is 0.167. The van der Waals surface area contributed by atoms with Gasteiger partial charge in [0, 0.05) is 54.7 Å². The van der Waals surface area contributed by atoms with Crippen LogP contribution in [0.5, 0.6) is 0 Å². The molecule has 75 heavy (non-hydrogen) atoms. The van der Waals surface area contributed by atoms with Crippen LogP contribution in [0.3, 0.4) is 0 Å². The molecule has 16 rings (SSSR count). The largest absolute Gasteiger partial charge is 0.454 e. The molecule has 348 valence electrons. The van der Waals surface area contributed by atoms with Crippen LogP contribution < -0.4 is 0 Å². The van der Waals surface area contributed by atoms with Crippen molar-refractivity contribution < 1.29 is 4.42 Å². The van der Waals surface area contributed by atoms with E-state index >= 15 is 0 Å². The second-order valence-electron chi connectivity index (χ2n) is 19.5. The minimum absolute atomic E-state index is 0.554. The first-order valence-corrected chi connectivity index (χ1v) is 25.4. The van der Waals surface area contributed by atoms with Crippen LogP contribution in [0.2, 0.25) is 0 Å². The van der Waals surface area contributed by atoms with Gasteiger partial charge in [-0.15, -0.1) is 0 Å². The smallest absolute Gasteiger partial charge is 0.164 e. The van der Waals surface area contributed by atoms with E-state index < -0.39 is 0 Å². The van der Waals surface area contributed by atoms with Crippen molar-refractivity contribution >= 4 is 97.9 Å². The summed E-state index contributed by atoms with van der Waals surface area (Å²) in [5, 5.41) is 13.5. The average molecular weight is 956 g/mol. The van der Waals surface area contributed by atoms with Crippen molar-refractivity contribution in [1.29, 1.82) is 0 Å². The Morgan fingerprint density at radius 2 is 0.853 bits per heavy atom. The molecule has 16 aromatic rings. The third-order valence-corrected chi connectivity index (χ3v) is 15.3. The van der Waals surface area contributed by atoms with Crippen molar-refractivity contribution in [3.63, 3.8) is 0 Å². The van der Waals surface area contributed by atoms with Gasteiger partial charge in [-0.3, -0.25) is 0 Å². The second-order valence-corrected chi connectivity index (χ2v) is 19.5. The molecule has 0 bridgehead atoms. The van der Waals surface area contributed by atoms with E-state index in [9.17, 15) is 0 Å². The van der Waals surface area contributed by atoms with Gasteiger partial charge in [-0.25, -0.2) is 15.0 Å². The zero-order valence-corrected chi connectivity index (χ0v) is 40.3. The number of nitrogens with zero attached hydrogens (tertiary/aromatic N) is 5. The molecule has 0 aliphatic rings. The van der Waals surface area contributed by atoms with E-state index in [0.29, 0.717) is 17.5 Å². The summed E-state index contributed by atoms with van der Waals surface area (Å²) in [7, 11) is 0. The molecule has 0 unspecified atom stereocenters. The molecule has 0 saturated heterocycles. The highest BCUT2D eigenvalue weighted by Gasteiger charge is 2.25. The molecular weight excluding hydrogens is 915 g/mol. The maximum Gasteiger partial charge on any atom is 0.164 e. The second kappa shape index (κ2) is 16.2. The fourth-order valence-corrected chi connectivity index (χ4v) is 11.9. The first-order valence-electron chi connectivity index (χ1n) is 25.4. The maximum absolute atomic E-state index is 7.17. The molecule has 0 aliphatic heterocycles. The molecule has 0 saturated carbocycles. The number of rotatable bonds is 6. The fraction of sp³-hybridized carbons (Fsp3) is 0. The zero-order valence-electron chi connectivity index (χ0n) is 40.3. The summed E-state index contributed by atoms with van der Waals surface area (Å²) in [6, 6.07) is 88.6. The third kappa shape index (κ3) is 6.43. The van der Waals surface area contributed by atoms with E-state index in [0.717, 1.165) is 116 Å². The van der Waals surface area contributed by atoms with Crippen molar-refractivity contribution in [2.45, 2.75) is 0 Å². The van der Waals surface area contributed by atoms with Gasteiger partial charge in [0.1, 0.15) is 5.58 Å². The van der Waals surface area contributed by atoms with Crippen LogP contribution in [-0.4, -0.2) is 24.1 Å². The van der Waals surface area contributed by atoms with Crippen LogP contribution in [0.1, 0.15) is 0 Å². The molecular formula is C69H41N5O. The van der Waals surface area contributed by atoms with Crippen molar-refractivity contribution in [3.05, 3.63) is 249 Å². The highest BCUT2D eigenvalue weighted by Crippen LogP contribution is 2.45. The Morgan fingerprint density at radius 1 is 0.293 bits per heavy atom. The van der Waals surface area contributed by atoms with Gasteiger partial charge in [0.2, 0.25) is 0 Å². The summed E-state index contributed by atoms with van der Waals surface area (Å²) in [5.74, 6) is 1.72. The zero-order chi connectivity index (χ0) is 49.1. The summed E-state index contributed by atoms with van der Waals surface area (Å²) in [6.45, 7) is 0. The number of para-hydroxylation sites is 2. The van der Waals surface area contributed by atoms with Crippen molar-refractivity contribution in [2.75, 3.05) is 0 Å². The number of aromatic nitrogens is 5. The first kappa shape index (κ1) is 41.4. The molecule has 0 N–H and O–H groups in total. The summed E-state index contributed by atoms with van der Waals surface area (Å²) in [5.41, 5.74) is 12.8. The van der Waals surface area contributed by atoms with Crippen LogP contribution in [0.25, 0.3) is 155 Å². The van der Waals surface area contributed by atoms with Gasteiger partial charge in [0.05, 0.1) is 27.8 Å². The van der Waals surface area contributed by atoms with Gasteiger partial charge in [0.25, 0.3) is 0 Å². The van der Waals surface area contributed by atoms with Gasteiger partial charge in [-0.1, -0.05) is 176 Å². The monoisotopic (exact) mass is 955 g/mol. The van der Waals surface area contributed by atoms with Crippen LogP contribution in [0, 0.1) is 0 Å². The molecule has 0 radical (unpaired) electrons. The van der Waals surface area contributed by atoms with Crippen LogP contribution >= 0.6 is 0 Å². The number of hydrogen-bond donors (Lipinski definition) is 0. The molecule has 6 nitrogen and oxygen atoms in total. The molecule has 6 heteroatoms. The lowest BCUT2D eigenvalue weighted by molar-refractivity contribution is 0.666. The Bertz CT molecular complexity index is 4920. The Hall–Kier alpha value is -10.2. The van der Waals surface area contributed by atoms with E-state index in [4.69, 9.17) is 19.4 Å². The molecule has 0 fully saturated rings. The predicted octanol–water partition coefficient (Wildman–Crippen LogP) is 18.1. The highest BCUT2D eigenvalue weighted by atomic mass is 16.3. The van der Waals surface area contributed by atoms with Gasteiger partial charge < -0.3 is 13.6 Å². The maximum atomic E-state index is 7.17. The Kier molecular flexibility index (Phi) is 8.94. The fourth-order valence-electron chi connectivity index (χ4n) is 11.9. The first-order chi connectivity index (χ1) is 37.2. The number of furan rings is 1. The minimum Gasteiger partial charge on any atom is -0.454 e. The molecule has 0 spiro atoms. The Morgan fingerprint density at radius 3 is 1.59 bits per heavy atom. The lowest BCUT2D eigenvalue weighted by atomic mass is 10.0. The molecule has 0 amide bonds. The molecule has 0 aliphatic carbocycles. The van der Waals surface area contributed by atoms with E-state index in [1.54, 1.807) is 0 Å². The minimum atomic E-state index is 0.554. The van der Waals surface area contributed by atoms with Crippen LogP contribution in [-0.2, 0) is 0 Å². The summed E-state index contributed by atoms with van der Waals surface area (Å²) in [4.78, 5) is 16.6. The Balaban J connectivity index is 1.03. The van der Waals surface area contributed by atoms with E-state index in [2.05, 4.69) is 252 Å². The molecule has 12 aromatic carbocycles. The standard InChI is InChI=1S/C69H41N5O/c1-3-17-42(18-4-1)44-24-15-25-49(35-44)67-70-68(72-69(71-67)54-30-16-32-59-64(54)53-29-13-14-31-58(53)73(59)51-26-5-2-6-27-51)50-38-57-65-52-28-12-11-19-43(52)33-34-63(65)75-66(57)62(41-50)74-60-39-47-22-9-7-20-45(47)36-55(60)56-37-46-21-8-10-23-48(46)40-61(56)74/h1-41H. The number of fused-ring (bicyclic) bond motifs is 13. The van der Waals surface area contributed by atoms with Crippen molar-refractivity contribution in [2.24, 2.45) is 0 Å². The summed E-state index contributed by atoms with van der Waals surface area (Å²) in [6.07, 6.45) is 0. The molecule has 4 aromatic heterocycles. The van der Waals surface area contributed by atoms with Gasteiger partial charge in [0.15, 0.2) is 23.1 Å². The van der Waals surface area contributed by atoms with Crippen LogP contribution in [0.4, 0.5) is 0 Å². The lowest BCUT2D eigenvalue weighted by Gasteiger charge is -2.14. The van der Waals surface area contributed by atoms with E-state index in [1.807, 2.05) is 6.07 Å². The van der Waals surface area contributed by atoms with Crippen molar-refractivity contribution in [1.82, 2.24) is 24.1 Å². The number of benzene rings is 12. The van der Waals surface area contributed by atoms with Crippen LogP contribution in [0.15, 0.2) is 253 Å². The van der Waals surface area contributed by atoms with E-state index in [1.165, 1.54) is 21.5 Å². The molecule has 0 atom stereocenters. The number of hydrogen-bond acceptors (Lipinski definition) is 4.